The number of hydrogen-bond acceptors (Lipinski definition) is 8. The lowest BCUT2D eigenvalue weighted by atomic mass is 9.98. The number of aliphatic hydroxyl groups is 1. The molecule has 8 nitrogen and oxygen atoms in total. The SMILES string of the molecule is COC(=O)[C@@]1(O)O[C@@H](OCc2ccccc2)[C@H](OCc2ccccc2)[C@@H](OC(=O)c2ccccc2)[C@H]1Br. The van der Waals surface area contributed by atoms with Gasteiger partial charge in [-0.15, -0.1) is 0 Å². The average molecular weight is 571 g/mol. The number of benzene rings is 3. The predicted octanol–water partition coefficient (Wildman–Crippen LogP) is 4.00. The molecule has 1 heterocycles. The molecule has 3 aromatic rings. The Balaban J connectivity index is 1.66. The zero-order chi connectivity index (χ0) is 26.3. The van der Waals surface area contributed by atoms with Crippen LogP contribution in [0, 0.1) is 0 Å². The fraction of sp³-hybridized carbons (Fsp3) is 0.286. The lowest BCUT2D eigenvalue weighted by Crippen LogP contribution is -2.67. The largest absolute Gasteiger partial charge is 0.465 e. The second-order valence-corrected chi connectivity index (χ2v) is 9.36. The van der Waals surface area contributed by atoms with Crippen LogP contribution in [-0.4, -0.2) is 53.3 Å². The first-order valence-corrected chi connectivity index (χ1v) is 12.5. The molecule has 1 saturated heterocycles. The third-order valence-corrected chi connectivity index (χ3v) is 6.96. The Kier molecular flexibility index (Phi) is 9.07. The van der Waals surface area contributed by atoms with Gasteiger partial charge in [-0.2, -0.15) is 0 Å². The highest BCUT2D eigenvalue weighted by atomic mass is 79.9. The summed E-state index contributed by atoms with van der Waals surface area (Å²) < 4.78 is 28.6. The molecule has 3 aromatic carbocycles. The van der Waals surface area contributed by atoms with E-state index in [9.17, 15) is 14.7 Å². The van der Waals surface area contributed by atoms with Gasteiger partial charge in [0.25, 0.3) is 5.79 Å². The van der Waals surface area contributed by atoms with Crippen LogP contribution in [0.5, 0.6) is 0 Å². The van der Waals surface area contributed by atoms with E-state index >= 15 is 0 Å². The van der Waals surface area contributed by atoms with Gasteiger partial charge in [0.2, 0.25) is 0 Å². The van der Waals surface area contributed by atoms with Crippen molar-refractivity contribution in [3.8, 4) is 0 Å². The normalized spacial score (nSPS) is 25.3. The molecule has 0 spiro atoms. The fourth-order valence-electron chi connectivity index (χ4n) is 3.87. The number of methoxy groups -OCH3 is 1. The number of carbonyl (C=O) groups excluding carboxylic acids is 2. The highest BCUT2D eigenvalue weighted by molar-refractivity contribution is 9.09. The van der Waals surface area contributed by atoms with Crippen molar-refractivity contribution in [3.05, 3.63) is 108 Å². The minimum Gasteiger partial charge on any atom is -0.465 e. The van der Waals surface area contributed by atoms with Crippen LogP contribution in [-0.2, 0) is 41.7 Å². The van der Waals surface area contributed by atoms with E-state index in [0.717, 1.165) is 18.2 Å². The maximum Gasteiger partial charge on any atom is 0.367 e. The van der Waals surface area contributed by atoms with Crippen molar-refractivity contribution in [1.82, 2.24) is 0 Å². The van der Waals surface area contributed by atoms with E-state index < -0.39 is 41.1 Å². The van der Waals surface area contributed by atoms with Crippen LogP contribution in [0.15, 0.2) is 91.0 Å². The van der Waals surface area contributed by atoms with Crippen molar-refractivity contribution >= 4 is 27.9 Å². The molecule has 0 saturated carbocycles. The topological polar surface area (TPSA) is 101 Å². The third kappa shape index (κ3) is 6.44. The summed E-state index contributed by atoms with van der Waals surface area (Å²) in [5, 5.41) is 11.3. The Morgan fingerprint density at radius 1 is 0.838 bits per heavy atom. The van der Waals surface area contributed by atoms with Gasteiger partial charge in [-0.1, -0.05) is 94.8 Å². The first kappa shape index (κ1) is 27.0. The number of hydrogen-bond donors (Lipinski definition) is 1. The van der Waals surface area contributed by atoms with Crippen molar-refractivity contribution in [2.45, 2.75) is 42.3 Å². The Morgan fingerprint density at radius 3 is 1.89 bits per heavy atom. The molecule has 1 N–H and O–H groups in total. The Labute approximate surface area is 223 Å². The smallest absolute Gasteiger partial charge is 0.367 e. The summed E-state index contributed by atoms with van der Waals surface area (Å²) in [6, 6.07) is 27.0. The van der Waals surface area contributed by atoms with Gasteiger partial charge in [-0.25, -0.2) is 9.59 Å². The minimum absolute atomic E-state index is 0.0836. The van der Waals surface area contributed by atoms with Crippen molar-refractivity contribution in [1.29, 1.82) is 0 Å². The second-order valence-electron chi connectivity index (χ2n) is 8.37. The van der Waals surface area contributed by atoms with E-state index in [2.05, 4.69) is 15.9 Å². The quantitative estimate of drug-likeness (QED) is 0.304. The standard InChI is InChI=1S/C28H27BrO8/c1-33-27(31)28(32)24(29)22(36-25(30)21-15-9-4-10-16-21)23(34-17-19-11-5-2-6-12-19)26(37-28)35-18-20-13-7-3-8-14-20/h2-16,22-24,26,32H,17-18H2,1H3/t22-,23-,24-,26-,28+/m1/s1. The summed E-state index contributed by atoms with van der Waals surface area (Å²) in [6.07, 6.45) is -3.52. The van der Waals surface area contributed by atoms with Crippen molar-refractivity contribution in [2.24, 2.45) is 0 Å². The molecule has 0 radical (unpaired) electrons. The second kappa shape index (κ2) is 12.4. The molecule has 194 valence electrons. The van der Waals surface area contributed by atoms with Gasteiger partial charge in [0.15, 0.2) is 12.4 Å². The lowest BCUT2D eigenvalue weighted by molar-refractivity contribution is -0.352. The fourth-order valence-corrected chi connectivity index (χ4v) is 4.58. The Bertz CT molecular complexity index is 1160. The molecular weight excluding hydrogens is 544 g/mol. The molecule has 0 bridgehead atoms. The zero-order valence-electron chi connectivity index (χ0n) is 20.1. The summed E-state index contributed by atoms with van der Waals surface area (Å²) in [5.74, 6) is -4.27. The van der Waals surface area contributed by atoms with Gasteiger partial charge < -0.3 is 28.8 Å². The zero-order valence-corrected chi connectivity index (χ0v) is 21.7. The molecular formula is C28H27BrO8. The van der Waals surface area contributed by atoms with E-state index in [1.54, 1.807) is 30.3 Å². The number of ether oxygens (including phenoxy) is 5. The number of esters is 2. The maximum absolute atomic E-state index is 13.0. The molecule has 0 aromatic heterocycles. The molecule has 9 heteroatoms. The van der Waals surface area contributed by atoms with Gasteiger partial charge in [-0.3, -0.25) is 0 Å². The van der Waals surface area contributed by atoms with Crippen molar-refractivity contribution in [3.63, 3.8) is 0 Å². The van der Waals surface area contributed by atoms with E-state index in [-0.39, 0.29) is 13.2 Å². The van der Waals surface area contributed by atoms with Crippen LogP contribution < -0.4 is 0 Å². The highest BCUT2D eigenvalue weighted by Gasteiger charge is 2.61. The van der Waals surface area contributed by atoms with Gasteiger partial charge >= 0.3 is 11.9 Å². The van der Waals surface area contributed by atoms with Crippen LogP contribution >= 0.6 is 15.9 Å². The number of carbonyl (C=O) groups is 2. The van der Waals surface area contributed by atoms with E-state index in [1.165, 1.54) is 0 Å². The summed E-state index contributed by atoms with van der Waals surface area (Å²) in [4.78, 5) is 24.4. The summed E-state index contributed by atoms with van der Waals surface area (Å²) in [7, 11) is 1.12. The third-order valence-electron chi connectivity index (χ3n) is 5.82. The Hall–Kier alpha value is -3.08. The molecule has 0 aliphatic carbocycles. The van der Waals surface area contributed by atoms with E-state index in [4.69, 9.17) is 23.7 Å². The predicted molar refractivity (Wildman–Crippen MR) is 136 cm³/mol. The molecule has 37 heavy (non-hydrogen) atoms. The molecule has 1 fully saturated rings. The molecule has 4 rings (SSSR count). The maximum atomic E-state index is 13.0. The monoisotopic (exact) mass is 570 g/mol. The first-order chi connectivity index (χ1) is 17.9. The summed E-state index contributed by atoms with van der Waals surface area (Å²) >= 11 is 3.32. The van der Waals surface area contributed by atoms with Crippen molar-refractivity contribution in [2.75, 3.05) is 7.11 Å². The molecule has 1 aliphatic heterocycles. The van der Waals surface area contributed by atoms with Crippen molar-refractivity contribution < 1.29 is 38.4 Å². The number of halogens is 1. The minimum atomic E-state index is -2.52. The highest BCUT2D eigenvalue weighted by Crippen LogP contribution is 2.38. The van der Waals surface area contributed by atoms with Gasteiger partial charge in [0, 0.05) is 0 Å². The molecule has 1 aliphatic rings. The van der Waals surface area contributed by atoms with Crippen LogP contribution in [0.2, 0.25) is 0 Å². The summed E-state index contributed by atoms with van der Waals surface area (Å²) in [5.41, 5.74) is 1.98. The van der Waals surface area contributed by atoms with Crippen LogP contribution in [0.25, 0.3) is 0 Å². The Morgan fingerprint density at radius 2 is 1.35 bits per heavy atom. The lowest BCUT2D eigenvalue weighted by Gasteiger charge is -2.46. The van der Waals surface area contributed by atoms with E-state index in [1.807, 2.05) is 60.7 Å². The summed E-state index contributed by atoms with van der Waals surface area (Å²) in [6.45, 7) is 0.218. The van der Waals surface area contributed by atoms with Gasteiger partial charge in [-0.05, 0) is 23.3 Å². The molecule has 0 amide bonds. The first-order valence-electron chi connectivity index (χ1n) is 11.6. The van der Waals surface area contributed by atoms with Gasteiger partial charge in [0.1, 0.15) is 10.9 Å². The van der Waals surface area contributed by atoms with Crippen LogP contribution in [0.3, 0.4) is 0 Å². The number of rotatable bonds is 9. The van der Waals surface area contributed by atoms with E-state index in [0.29, 0.717) is 5.56 Å². The number of alkyl halides is 1. The average Bonchev–Trinajstić information content (AvgIpc) is 2.95. The molecule has 5 atom stereocenters. The molecule has 0 unspecified atom stereocenters. The van der Waals surface area contributed by atoms with Crippen LogP contribution in [0.1, 0.15) is 21.5 Å². The van der Waals surface area contributed by atoms with Gasteiger partial charge in [0.05, 0.1) is 25.9 Å². The van der Waals surface area contributed by atoms with Crippen LogP contribution in [0.4, 0.5) is 0 Å².